The maximum atomic E-state index is 14.7. The van der Waals surface area contributed by atoms with Gasteiger partial charge < -0.3 is 24.3 Å². The van der Waals surface area contributed by atoms with Crippen LogP contribution < -0.4 is 25.6 Å². The van der Waals surface area contributed by atoms with Crippen molar-refractivity contribution in [1.82, 2.24) is 34.8 Å². The average molecular weight is 710 g/mol. The molecule has 2 N–H and O–H groups in total. The zero-order valence-corrected chi connectivity index (χ0v) is 30.7. The number of pyridine rings is 3. The van der Waals surface area contributed by atoms with Gasteiger partial charge in [0.25, 0.3) is 0 Å². The molecule has 52 heavy (non-hydrogen) atoms. The molecule has 274 valence electrons. The number of Topliss-reactive ketones (excluding diaryl/α,β-unsaturated/α-hetero) is 1. The maximum absolute atomic E-state index is 14.7. The first-order valence-corrected chi connectivity index (χ1v) is 18.6. The third kappa shape index (κ3) is 5.13. The molecule has 5 aliphatic rings. The van der Waals surface area contributed by atoms with Crippen LogP contribution in [0.2, 0.25) is 0 Å². The number of aromatic nitrogens is 6. The molecule has 0 radical (unpaired) electrons. The summed E-state index contributed by atoms with van der Waals surface area (Å²) in [6.45, 7) is 8.22. The van der Waals surface area contributed by atoms with Crippen molar-refractivity contribution in [2.24, 2.45) is 29.1 Å². The second-order valence-corrected chi connectivity index (χ2v) is 16.0. The predicted octanol–water partition coefficient (Wildman–Crippen LogP) is 4.65. The largest absolute Gasteiger partial charge is 0.482 e. The van der Waals surface area contributed by atoms with Crippen molar-refractivity contribution in [2.45, 2.75) is 97.1 Å². The number of aromatic amines is 1. The summed E-state index contributed by atoms with van der Waals surface area (Å²) in [4.78, 5) is 64.4. The molecule has 0 aliphatic heterocycles. The zero-order chi connectivity index (χ0) is 36.7. The minimum absolute atomic E-state index is 0.0135. The molecule has 5 aliphatic carbocycles. The minimum atomic E-state index is -0.349. The molecule has 5 saturated carbocycles. The molecular weight excluding hydrogens is 662 g/mol. The van der Waals surface area contributed by atoms with E-state index in [0.717, 1.165) is 37.8 Å². The van der Waals surface area contributed by atoms with E-state index in [2.05, 4.69) is 29.1 Å². The van der Waals surface area contributed by atoms with Crippen molar-refractivity contribution < 1.29 is 19.1 Å². The Hall–Kier alpha value is -4.81. The summed E-state index contributed by atoms with van der Waals surface area (Å²) in [6.07, 6.45) is 9.50. The van der Waals surface area contributed by atoms with Gasteiger partial charge in [-0.15, -0.1) is 15.0 Å². The SMILES string of the molecule is CCc1c(C2CCC(C(=O)c3c(OC)[nH]cc(C)c3=O)[C@H]3CC[C@H]23)c(=O)c2nn(-c3ccnc(OC)c3)nc2n1CC(=O)NC12CC(C(C)C)(C1)C2. The van der Waals surface area contributed by atoms with Crippen LogP contribution in [-0.2, 0) is 17.8 Å². The number of nitrogens with one attached hydrogen (secondary N) is 2. The first kappa shape index (κ1) is 34.3. The third-order valence-corrected chi connectivity index (χ3v) is 13.0. The number of hydrogen-bond acceptors (Lipinski definition) is 9. The van der Waals surface area contributed by atoms with Crippen molar-refractivity contribution in [1.29, 1.82) is 0 Å². The van der Waals surface area contributed by atoms with Gasteiger partial charge in [-0.25, -0.2) is 4.98 Å². The van der Waals surface area contributed by atoms with E-state index in [9.17, 15) is 19.2 Å². The van der Waals surface area contributed by atoms with Crippen LogP contribution >= 0.6 is 0 Å². The molecule has 4 heterocycles. The van der Waals surface area contributed by atoms with Crippen LogP contribution in [-0.4, -0.2) is 61.0 Å². The van der Waals surface area contributed by atoms with Gasteiger partial charge in [-0.1, -0.05) is 20.8 Å². The van der Waals surface area contributed by atoms with Crippen molar-refractivity contribution >= 4 is 22.9 Å². The van der Waals surface area contributed by atoms with Crippen LogP contribution in [0.25, 0.3) is 16.9 Å². The lowest BCUT2D eigenvalue weighted by Crippen LogP contribution is -2.76. The number of rotatable bonds is 11. The first-order valence-electron chi connectivity index (χ1n) is 18.6. The highest BCUT2D eigenvalue weighted by molar-refractivity contribution is 6.00. The summed E-state index contributed by atoms with van der Waals surface area (Å²) in [5.74, 6) is 0.471. The van der Waals surface area contributed by atoms with Crippen LogP contribution in [0, 0.1) is 36.0 Å². The molecule has 13 heteroatoms. The van der Waals surface area contributed by atoms with E-state index in [1.807, 2.05) is 11.5 Å². The number of carbonyl (C=O) groups excluding carboxylic acids is 2. The number of ketones is 1. The van der Waals surface area contributed by atoms with E-state index in [-0.39, 0.29) is 75.3 Å². The molecule has 0 aromatic carbocycles. The van der Waals surface area contributed by atoms with E-state index in [1.54, 1.807) is 31.5 Å². The second-order valence-electron chi connectivity index (χ2n) is 16.0. The van der Waals surface area contributed by atoms with Gasteiger partial charge in [0.2, 0.25) is 23.1 Å². The molecule has 0 saturated heterocycles. The highest BCUT2D eigenvalue weighted by Gasteiger charge is 2.69. The lowest BCUT2D eigenvalue weighted by atomic mass is 9.36. The number of aryl methyl sites for hydroxylation is 1. The highest BCUT2D eigenvalue weighted by atomic mass is 16.5. The number of carbonyl (C=O) groups is 2. The Balaban J connectivity index is 1.17. The fourth-order valence-electron chi connectivity index (χ4n) is 10.1. The van der Waals surface area contributed by atoms with E-state index >= 15 is 0 Å². The number of H-pyrrole nitrogens is 1. The lowest BCUT2D eigenvalue weighted by Gasteiger charge is -2.72. The number of methoxy groups -OCH3 is 2. The average Bonchev–Trinajstić information content (AvgIpc) is 3.54. The fourth-order valence-corrected chi connectivity index (χ4v) is 10.1. The summed E-state index contributed by atoms with van der Waals surface area (Å²) < 4.78 is 12.7. The Kier molecular flexibility index (Phi) is 8.18. The highest BCUT2D eigenvalue weighted by Crippen LogP contribution is 2.70. The molecule has 9 rings (SSSR count). The molecule has 4 aromatic rings. The Morgan fingerprint density at radius 1 is 1.04 bits per heavy atom. The molecule has 13 nitrogen and oxygen atoms in total. The predicted molar refractivity (Wildman–Crippen MR) is 193 cm³/mol. The fraction of sp³-hybridized carbons (Fsp3) is 0.564. The smallest absolute Gasteiger partial charge is 0.240 e. The van der Waals surface area contributed by atoms with E-state index < -0.39 is 0 Å². The molecule has 2 unspecified atom stereocenters. The standard InChI is InChI=1S/C39H47N7O6/c1-7-27-30(25-10-11-26(24-9-8-23(24)25)34(49)31-33(48)21(4)15-41-37(31)52-6)35(50)32-36(44-46(43-32)22-12-13-40-29(14-22)51-5)45(27)16-28(47)42-39-17-38(18-39,19-39)20(2)3/h12-15,20,23-26H,7-11,16-19H2,1-6H3,(H,41,48)(H,42,47)/t23-,24-,25?,26?,38?,39?/m0/s1. The molecular formula is C39H47N7O6. The molecule has 4 aromatic heterocycles. The van der Waals surface area contributed by atoms with Crippen LogP contribution in [0.4, 0.5) is 0 Å². The summed E-state index contributed by atoms with van der Waals surface area (Å²) in [5.41, 5.74) is 2.80. The summed E-state index contributed by atoms with van der Waals surface area (Å²) in [5, 5.41) is 12.9. The number of hydrogen-bond donors (Lipinski definition) is 2. The molecule has 4 atom stereocenters. The Labute approximate surface area is 301 Å². The van der Waals surface area contributed by atoms with Gasteiger partial charge in [0.05, 0.1) is 19.9 Å². The van der Waals surface area contributed by atoms with Gasteiger partial charge >= 0.3 is 0 Å². The number of nitrogens with zero attached hydrogens (tertiary/aromatic N) is 5. The normalized spacial score (nSPS) is 27.3. The molecule has 5 fully saturated rings. The van der Waals surface area contributed by atoms with Gasteiger partial charge in [0.15, 0.2) is 22.4 Å². The zero-order valence-electron chi connectivity index (χ0n) is 30.7. The van der Waals surface area contributed by atoms with E-state index in [1.165, 1.54) is 19.0 Å². The first-order chi connectivity index (χ1) is 24.9. The van der Waals surface area contributed by atoms with Crippen molar-refractivity contribution in [3.63, 3.8) is 0 Å². The van der Waals surface area contributed by atoms with Crippen LogP contribution in [0.1, 0.15) is 98.8 Å². The Morgan fingerprint density at radius 3 is 2.44 bits per heavy atom. The van der Waals surface area contributed by atoms with Gasteiger partial charge in [0.1, 0.15) is 12.1 Å². The van der Waals surface area contributed by atoms with Crippen molar-refractivity contribution in [3.8, 4) is 17.4 Å². The van der Waals surface area contributed by atoms with Gasteiger partial charge in [-0.05, 0) is 93.4 Å². The summed E-state index contributed by atoms with van der Waals surface area (Å²) >= 11 is 0. The van der Waals surface area contributed by atoms with Crippen LogP contribution in [0.5, 0.6) is 11.8 Å². The Bertz CT molecular complexity index is 2210. The Morgan fingerprint density at radius 2 is 1.79 bits per heavy atom. The van der Waals surface area contributed by atoms with Gasteiger partial charge in [-0.2, -0.15) is 0 Å². The van der Waals surface area contributed by atoms with Gasteiger partial charge in [-0.3, -0.25) is 19.2 Å². The number of amides is 1. The molecule has 1 amide bonds. The monoisotopic (exact) mass is 709 g/mol. The quantitative estimate of drug-likeness (QED) is 0.211. The van der Waals surface area contributed by atoms with Crippen molar-refractivity contribution in [2.75, 3.05) is 14.2 Å². The number of fused-ring (bicyclic) bond motifs is 2. The molecule has 2 bridgehead atoms. The van der Waals surface area contributed by atoms with E-state index in [4.69, 9.17) is 19.7 Å². The van der Waals surface area contributed by atoms with Crippen molar-refractivity contribution in [3.05, 3.63) is 67.4 Å². The minimum Gasteiger partial charge on any atom is -0.482 e. The second kappa shape index (κ2) is 12.4. The van der Waals surface area contributed by atoms with Gasteiger partial charge in [0, 0.05) is 46.7 Å². The van der Waals surface area contributed by atoms with Crippen LogP contribution in [0.3, 0.4) is 0 Å². The maximum Gasteiger partial charge on any atom is 0.240 e. The lowest BCUT2D eigenvalue weighted by molar-refractivity contribution is -0.187. The summed E-state index contributed by atoms with van der Waals surface area (Å²) in [7, 11) is 2.98. The summed E-state index contributed by atoms with van der Waals surface area (Å²) in [6, 6.07) is 3.43. The van der Waals surface area contributed by atoms with E-state index in [0.29, 0.717) is 58.9 Å². The third-order valence-electron chi connectivity index (χ3n) is 13.0. The van der Waals surface area contributed by atoms with Crippen LogP contribution in [0.15, 0.2) is 34.1 Å². The topological polar surface area (TPSA) is 163 Å². The molecule has 0 spiro atoms. The number of ether oxygens (including phenoxy) is 2.